The van der Waals surface area contributed by atoms with Gasteiger partial charge >= 0.3 is 0 Å². The number of aryl methyl sites for hydroxylation is 2. The van der Waals surface area contributed by atoms with Crippen LogP contribution in [0.25, 0.3) is 5.65 Å². The first kappa shape index (κ1) is 21.1. The first-order valence-corrected chi connectivity index (χ1v) is 10.6. The van der Waals surface area contributed by atoms with Crippen LogP contribution in [-0.4, -0.2) is 58.4 Å². The number of hydrogen-bond donors (Lipinski definition) is 0. The summed E-state index contributed by atoms with van der Waals surface area (Å²) in [6.45, 7) is 5.54. The number of methoxy groups -OCH3 is 1. The first-order chi connectivity index (χ1) is 15.0. The maximum atomic E-state index is 12.6. The fourth-order valence-electron chi connectivity index (χ4n) is 3.93. The van der Waals surface area contributed by atoms with Crippen LogP contribution in [0, 0.1) is 6.92 Å². The van der Waals surface area contributed by atoms with Crippen molar-refractivity contribution in [2.24, 2.45) is 0 Å². The van der Waals surface area contributed by atoms with Crippen LogP contribution in [0.2, 0.25) is 0 Å². The van der Waals surface area contributed by atoms with Crippen molar-refractivity contribution >= 4 is 11.6 Å². The van der Waals surface area contributed by atoms with Crippen molar-refractivity contribution in [3.63, 3.8) is 0 Å². The smallest absolute Gasteiger partial charge is 0.258 e. The van der Waals surface area contributed by atoms with Gasteiger partial charge in [0.15, 0.2) is 0 Å². The van der Waals surface area contributed by atoms with Crippen LogP contribution < -0.4 is 10.3 Å². The number of nitrogens with zero attached hydrogens (tertiary/aromatic N) is 4. The summed E-state index contributed by atoms with van der Waals surface area (Å²) in [5.74, 6) is 1.01. The standard InChI is InChI=1S/C24H28N4O3/c1-18-3-9-22-25-20(15-24(30)28(22)16-18)17-26-11-13-27(14-12-26)23(29)10-6-19-4-7-21(31-2)8-5-19/h3-5,7-9,15-16H,6,10-14,17H2,1-2H3. The summed E-state index contributed by atoms with van der Waals surface area (Å²) in [6, 6.07) is 13.3. The van der Waals surface area contributed by atoms with Gasteiger partial charge in [0.2, 0.25) is 5.91 Å². The molecule has 162 valence electrons. The van der Waals surface area contributed by atoms with Crippen LogP contribution in [0.15, 0.2) is 53.5 Å². The molecular formula is C24H28N4O3. The van der Waals surface area contributed by atoms with E-state index >= 15 is 0 Å². The van der Waals surface area contributed by atoms with Gasteiger partial charge < -0.3 is 9.64 Å². The molecule has 7 heteroatoms. The number of carbonyl (C=O) groups excluding carboxylic acids is 1. The van der Waals surface area contributed by atoms with Gasteiger partial charge in [-0.1, -0.05) is 18.2 Å². The molecule has 1 amide bonds. The Kier molecular flexibility index (Phi) is 6.32. The molecule has 0 aliphatic carbocycles. The van der Waals surface area contributed by atoms with Gasteiger partial charge in [0, 0.05) is 51.4 Å². The number of aromatic nitrogens is 2. The molecule has 2 aromatic heterocycles. The molecule has 0 N–H and O–H groups in total. The van der Waals surface area contributed by atoms with Crippen LogP contribution >= 0.6 is 0 Å². The van der Waals surface area contributed by atoms with E-state index in [9.17, 15) is 9.59 Å². The predicted molar refractivity (Wildman–Crippen MR) is 119 cm³/mol. The third-order valence-electron chi connectivity index (χ3n) is 5.76. The highest BCUT2D eigenvalue weighted by atomic mass is 16.5. The molecule has 1 aliphatic rings. The van der Waals surface area contributed by atoms with E-state index in [4.69, 9.17) is 4.74 Å². The second-order valence-electron chi connectivity index (χ2n) is 8.03. The average molecular weight is 421 g/mol. The Balaban J connectivity index is 1.29. The summed E-state index contributed by atoms with van der Waals surface area (Å²) in [5.41, 5.74) is 3.54. The van der Waals surface area contributed by atoms with E-state index < -0.39 is 0 Å². The van der Waals surface area contributed by atoms with Gasteiger partial charge in [0.1, 0.15) is 11.4 Å². The Morgan fingerprint density at radius 3 is 2.52 bits per heavy atom. The van der Waals surface area contributed by atoms with Crippen LogP contribution in [0.4, 0.5) is 0 Å². The molecule has 1 aliphatic heterocycles. The highest BCUT2D eigenvalue weighted by Crippen LogP contribution is 2.14. The summed E-state index contributed by atoms with van der Waals surface area (Å²) >= 11 is 0. The minimum atomic E-state index is -0.0592. The zero-order chi connectivity index (χ0) is 21.8. The number of pyridine rings is 1. The quantitative estimate of drug-likeness (QED) is 0.612. The number of piperazine rings is 1. The first-order valence-electron chi connectivity index (χ1n) is 10.6. The number of fused-ring (bicyclic) bond motifs is 1. The lowest BCUT2D eigenvalue weighted by Crippen LogP contribution is -2.48. The number of hydrogen-bond acceptors (Lipinski definition) is 5. The van der Waals surface area contributed by atoms with Gasteiger partial charge in [-0.05, 0) is 42.7 Å². The molecule has 0 spiro atoms. The number of ether oxygens (including phenoxy) is 1. The summed E-state index contributed by atoms with van der Waals surface area (Å²) in [6.07, 6.45) is 3.05. The van der Waals surface area contributed by atoms with E-state index in [-0.39, 0.29) is 11.5 Å². The summed E-state index contributed by atoms with van der Waals surface area (Å²) in [7, 11) is 1.65. The third-order valence-corrected chi connectivity index (χ3v) is 5.76. The molecule has 1 fully saturated rings. The van der Waals surface area contributed by atoms with Crippen molar-refractivity contribution < 1.29 is 9.53 Å². The molecule has 0 bridgehead atoms. The molecule has 0 unspecified atom stereocenters. The van der Waals surface area contributed by atoms with E-state index in [1.807, 2.05) is 54.4 Å². The van der Waals surface area contributed by atoms with Crippen LogP contribution in [-0.2, 0) is 17.8 Å². The topological polar surface area (TPSA) is 67.2 Å². The van der Waals surface area contributed by atoms with Crippen molar-refractivity contribution in [1.29, 1.82) is 0 Å². The SMILES string of the molecule is COc1ccc(CCC(=O)N2CCN(Cc3cc(=O)n4cc(C)ccc4n3)CC2)cc1. The number of rotatable bonds is 6. The minimum absolute atomic E-state index is 0.0592. The van der Waals surface area contributed by atoms with Crippen LogP contribution in [0.3, 0.4) is 0 Å². The molecule has 1 saturated heterocycles. The normalized spacial score (nSPS) is 14.7. The van der Waals surface area contributed by atoms with Gasteiger partial charge in [-0.15, -0.1) is 0 Å². The number of carbonyl (C=O) groups is 1. The lowest BCUT2D eigenvalue weighted by molar-refractivity contribution is -0.133. The highest BCUT2D eigenvalue weighted by Gasteiger charge is 2.21. The van der Waals surface area contributed by atoms with Gasteiger partial charge in [0.25, 0.3) is 5.56 Å². The lowest BCUT2D eigenvalue weighted by Gasteiger charge is -2.34. The second kappa shape index (κ2) is 9.31. The Bertz CT molecular complexity index is 1120. The van der Waals surface area contributed by atoms with Crippen molar-refractivity contribution in [3.8, 4) is 5.75 Å². The van der Waals surface area contributed by atoms with E-state index in [1.165, 1.54) is 0 Å². The average Bonchev–Trinajstić information content (AvgIpc) is 2.79. The van der Waals surface area contributed by atoms with Gasteiger partial charge in [-0.25, -0.2) is 4.98 Å². The molecule has 7 nitrogen and oxygen atoms in total. The maximum Gasteiger partial charge on any atom is 0.258 e. The van der Waals surface area contributed by atoms with Crippen molar-refractivity contribution in [2.45, 2.75) is 26.3 Å². The van der Waals surface area contributed by atoms with Gasteiger partial charge in [-0.2, -0.15) is 0 Å². The summed E-state index contributed by atoms with van der Waals surface area (Å²) in [5, 5.41) is 0. The molecule has 0 atom stereocenters. The fourth-order valence-corrected chi connectivity index (χ4v) is 3.93. The maximum absolute atomic E-state index is 12.6. The molecule has 1 aromatic carbocycles. The number of amides is 1. The zero-order valence-corrected chi connectivity index (χ0v) is 18.1. The van der Waals surface area contributed by atoms with Gasteiger partial charge in [-0.3, -0.25) is 18.9 Å². The largest absolute Gasteiger partial charge is 0.497 e. The van der Waals surface area contributed by atoms with E-state index in [1.54, 1.807) is 17.6 Å². The highest BCUT2D eigenvalue weighted by molar-refractivity contribution is 5.76. The van der Waals surface area contributed by atoms with E-state index in [2.05, 4.69) is 9.88 Å². The van der Waals surface area contributed by atoms with Crippen LogP contribution in [0.5, 0.6) is 5.75 Å². The number of benzene rings is 1. The Hall–Kier alpha value is -3.19. The Morgan fingerprint density at radius 1 is 1.06 bits per heavy atom. The minimum Gasteiger partial charge on any atom is -0.497 e. The molecule has 3 heterocycles. The monoisotopic (exact) mass is 420 g/mol. The molecule has 3 aromatic rings. The van der Waals surface area contributed by atoms with Crippen molar-refractivity contribution in [2.75, 3.05) is 33.3 Å². The lowest BCUT2D eigenvalue weighted by atomic mass is 10.1. The molecule has 31 heavy (non-hydrogen) atoms. The van der Waals surface area contributed by atoms with E-state index in [0.29, 0.717) is 31.7 Å². The zero-order valence-electron chi connectivity index (χ0n) is 18.1. The summed E-state index contributed by atoms with van der Waals surface area (Å²) < 4.78 is 6.75. The Labute approximate surface area is 181 Å². The van der Waals surface area contributed by atoms with Crippen LogP contribution in [0.1, 0.15) is 23.2 Å². The van der Waals surface area contributed by atoms with Crippen molar-refractivity contribution in [3.05, 3.63) is 75.8 Å². The predicted octanol–water partition coefficient (Wildman–Crippen LogP) is 2.29. The molecule has 4 rings (SSSR count). The third kappa shape index (κ3) is 5.11. The second-order valence-corrected chi connectivity index (χ2v) is 8.03. The van der Waals surface area contributed by atoms with Gasteiger partial charge in [0.05, 0.1) is 12.8 Å². The molecule has 0 radical (unpaired) electrons. The van der Waals surface area contributed by atoms with E-state index in [0.717, 1.165) is 42.1 Å². The molecule has 0 saturated carbocycles. The molecular weight excluding hydrogens is 392 g/mol. The fraction of sp³-hybridized carbons (Fsp3) is 0.375. The van der Waals surface area contributed by atoms with Crippen molar-refractivity contribution in [1.82, 2.24) is 19.2 Å². The summed E-state index contributed by atoms with van der Waals surface area (Å²) in [4.78, 5) is 33.8. The Morgan fingerprint density at radius 2 is 1.81 bits per heavy atom.